The Morgan fingerprint density at radius 1 is 1.32 bits per heavy atom. The number of carbonyl (C=O) groups is 1. The third-order valence-corrected chi connectivity index (χ3v) is 1.99. The molecular weight excluding hydrogens is 285 g/mol. The summed E-state index contributed by atoms with van der Waals surface area (Å²) in [5.74, 6) is -0.860. The average molecular weight is 299 g/mol. The van der Waals surface area contributed by atoms with Gasteiger partial charge >= 0.3 is 6.36 Å². The van der Waals surface area contributed by atoms with Gasteiger partial charge in [-0.3, -0.25) is 4.79 Å². The summed E-state index contributed by atoms with van der Waals surface area (Å²) < 4.78 is 39.7. The minimum atomic E-state index is -4.76. The third kappa shape index (κ3) is 6.88. The quantitative estimate of drug-likeness (QED) is 0.817. The van der Waals surface area contributed by atoms with Gasteiger partial charge in [-0.2, -0.15) is 0 Å². The first-order valence-corrected chi connectivity index (χ1v) is 5.21. The lowest BCUT2D eigenvalue weighted by Crippen LogP contribution is -2.30. The van der Waals surface area contributed by atoms with Gasteiger partial charge in [0.1, 0.15) is 5.75 Å². The average Bonchev–Trinajstić information content (AvgIpc) is 2.27. The van der Waals surface area contributed by atoms with Crippen LogP contribution in [0.5, 0.6) is 5.75 Å². The summed E-state index contributed by atoms with van der Waals surface area (Å²) in [6, 6.07) is 4.92. The number of amides is 1. The molecule has 0 atom stereocenters. The van der Waals surface area contributed by atoms with Gasteiger partial charge in [-0.05, 0) is 25.2 Å². The maximum Gasteiger partial charge on any atom is 0.573 e. The first-order valence-electron chi connectivity index (χ1n) is 5.21. The van der Waals surface area contributed by atoms with Crippen LogP contribution in [0.15, 0.2) is 24.3 Å². The van der Waals surface area contributed by atoms with Gasteiger partial charge in [-0.1, -0.05) is 6.07 Å². The van der Waals surface area contributed by atoms with E-state index in [-0.39, 0.29) is 18.0 Å². The zero-order valence-corrected chi connectivity index (χ0v) is 10.9. The highest BCUT2D eigenvalue weighted by Crippen LogP contribution is 2.23. The number of hydrogen-bond donors (Lipinski definition) is 2. The highest BCUT2D eigenvalue weighted by atomic mass is 35.5. The molecule has 0 aromatic heterocycles. The molecule has 1 amide bonds. The summed E-state index contributed by atoms with van der Waals surface area (Å²) in [5, 5.41) is 5.38. The van der Waals surface area contributed by atoms with Gasteiger partial charge in [0.15, 0.2) is 0 Å². The van der Waals surface area contributed by atoms with Crippen molar-refractivity contribution >= 4 is 18.3 Å². The molecule has 0 aliphatic rings. The van der Waals surface area contributed by atoms with Gasteiger partial charge in [0.05, 0.1) is 0 Å². The molecule has 19 heavy (non-hydrogen) atoms. The summed E-state index contributed by atoms with van der Waals surface area (Å²) >= 11 is 0. The standard InChI is InChI=1S/C11H13F3N2O2.ClH/c1-15-5-6-16-10(17)8-3-2-4-9(7-8)18-11(12,13)14;/h2-4,7,15H,5-6H2,1H3,(H,16,17);1H. The lowest BCUT2D eigenvalue weighted by atomic mass is 10.2. The highest BCUT2D eigenvalue weighted by molar-refractivity contribution is 5.94. The van der Waals surface area contributed by atoms with Crippen molar-refractivity contribution in [3.8, 4) is 5.75 Å². The van der Waals surface area contributed by atoms with E-state index in [0.717, 1.165) is 12.1 Å². The molecule has 108 valence electrons. The van der Waals surface area contributed by atoms with Crippen molar-refractivity contribution in [1.82, 2.24) is 10.6 Å². The molecule has 4 nitrogen and oxygen atoms in total. The maximum absolute atomic E-state index is 12.0. The Morgan fingerprint density at radius 3 is 2.58 bits per heavy atom. The van der Waals surface area contributed by atoms with Crippen LogP contribution in [-0.4, -0.2) is 32.4 Å². The zero-order valence-electron chi connectivity index (χ0n) is 10.1. The van der Waals surface area contributed by atoms with E-state index in [1.54, 1.807) is 7.05 Å². The number of halogens is 4. The van der Waals surface area contributed by atoms with E-state index >= 15 is 0 Å². The Balaban J connectivity index is 0.00000324. The number of alkyl halides is 3. The van der Waals surface area contributed by atoms with Gasteiger partial charge in [-0.15, -0.1) is 25.6 Å². The van der Waals surface area contributed by atoms with Crippen LogP contribution in [0.25, 0.3) is 0 Å². The molecule has 1 rings (SSSR count). The zero-order chi connectivity index (χ0) is 13.6. The van der Waals surface area contributed by atoms with E-state index < -0.39 is 18.0 Å². The summed E-state index contributed by atoms with van der Waals surface area (Å²) in [5.41, 5.74) is 0.118. The minimum absolute atomic E-state index is 0. The van der Waals surface area contributed by atoms with Crippen LogP contribution < -0.4 is 15.4 Å². The maximum atomic E-state index is 12.0. The molecule has 0 radical (unpaired) electrons. The highest BCUT2D eigenvalue weighted by Gasteiger charge is 2.31. The van der Waals surface area contributed by atoms with Gasteiger partial charge in [0, 0.05) is 18.7 Å². The Hall–Kier alpha value is -1.47. The van der Waals surface area contributed by atoms with Crippen molar-refractivity contribution in [2.24, 2.45) is 0 Å². The summed E-state index contributed by atoms with van der Waals surface area (Å²) in [4.78, 5) is 11.6. The largest absolute Gasteiger partial charge is 0.573 e. The van der Waals surface area contributed by atoms with Crippen molar-refractivity contribution in [1.29, 1.82) is 0 Å². The number of rotatable bonds is 5. The fourth-order valence-corrected chi connectivity index (χ4v) is 1.24. The lowest BCUT2D eigenvalue weighted by molar-refractivity contribution is -0.274. The smallest absolute Gasteiger partial charge is 0.406 e. The molecule has 0 spiro atoms. The molecule has 0 heterocycles. The van der Waals surface area contributed by atoms with Gasteiger partial charge in [0.2, 0.25) is 0 Å². The Bertz CT molecular complexity index is 413. The van der Waals surface area contributed by atoms with Crippen molar-refractivity contribution in [2.45, 2.75) is 6.36 Å². The summed E-state index contributed by atoms with van der Waals surface area (Å²) in [6.45, 7) is 0.962. The van der Waals surface area contributed by atoms with Crippen LogP contribution in [0.4, 0.5) is 13.2 Å². The molecule has 0 unspecified atom stereocenters. The SMILES string of the molecule is CNCCNC(=O)c1cccc(OC(F)(F)F)c1.Cl. The number of hydrogen-bond acceptors (Lipinski definition) is 3. The van der Waals surface area contributed by atoms with Crippen molar-refractivity contribution in [3.63, 3.8) is 0 Å². The van der Waals surface area contributed by atoms with Crippen LogP contribution in [0.3, 0.4) is 0 Å². The fourth-order valence-electron chi connectivity index (χ4n) is 1.24. The van der Waals surface area contributed by atoms with Crippen LogP contribution in [0.1, 0.15) is 10.4 Å². The second-order valence-electron chi connectivity index (χ2n) is 3.44. The predicted molar refractivity (Wildman–Crippen MR) is 66.6 cm³/mol. The van der Waals surface area contributed by atoms with Crippen LogP contribution in [0.2, 0.25) is 0 Å². The molecule has 0 aliphatic carbocycles. The lowest BCUT2D eigenvalue weighted by Gasteiger charge is -2.10. The molecule has 0 aliphatic heterocycles. The van der Waals surface area contributed by atoms with E-state index in [0.29, 0.717) is 13.1 Å². The molecule has 0 bridgehead atoms. The van der Waals surface area contributed by atoms with E-state index in [4.69, 9.17) is 0 Å². The minimum Gasteiger partial charge on any atom is -0.406 e. The second-order valence-corrected chi connectivity index (χ2v) is 3.44. The molecule has 1 aromatic rings. The number of likely N-dealkylation sites (N-methyl/N-ethyl adjacent to an activating group) is 1. The van der Waals surface area contributed by atoms with E-state index in [2.05, 4.69) is 15.4 Å². The number of ether oxygens (including phenoxy) is 1. The first kappa shape index (κ1) is 17.5. The van der Waals surface area contributed by atoms with Gasteiger partial charge in [0.25, 0.3) is 5.91 Å². The normalized spacial score (nSPS) is 10.5. The van der Waals surface area contributed by atoms with Crippen molar-refractivity contribution in [2.75, 3.05) is 20.1 Å². The molecule has 0 fully saturated rings. The second kappa shape index (κ2) is 7.85. The van der Waals surface area contributed by atoms with Crippen molar-refractivity contribution in [3.05, 3.63) is 29.8 Å². The fraction of sp³-hybridized carbons (Fsp3) is 0.364. The van der Waals surface area contributed by atoms with Crippen LogP contribution in [-0.2, 0) is 0 Å². The Labute approximate surface area is 114 Å². The topological polar surface area (TPSA) is 50.4 Å². The molecule has 2 N–H and O–H groups in total. The van der Waals surface area contributed by atoms with Gasteiger partial charge < -0.3 is 15.4 Å². The number of carbonyl (C=O) groups excluding carboxylic acids is 1. The molecule has 0 saturated carbocycles. The third-order valence-electron chi connectivity index (χ3n) is 1.99. The van der Waals surface area contributed by atoms with Gasteiger partial charge in [-0.25, -0.2) is 0 Å². The van der Waals surface area contributed by atoms with Crippen LogP contribution in [0, 0.1) is 0 Å². The predicted octanol–water partition coefficient (Wildman–Crippen LogP) is 1.96. The molecule has 0 saturated heterocycles. The van der Waals surface area contributed by atoms with Crippen LogP contribution >= 0.6 is 12.4 Å². The van der Waals surface area contributed by atoms with E-state index in [1.165, 1.54) is 12.1 Å². The van der Waals surface area contributed by atoms with E-state index in [9.17, 15) is 18.0 Å². The Morgan fingerprint density at radius 2 is 2.00 bits per heavy atom. The first-order chi connectivity index (χ1) is 8.42. The summed E-state index contributed by atoms with van der Waals surface area (Å²) in [6.07, 6.45) is -4.76. The van der Waals surface area contributed by atoms with E-state index in [1.807, 2.05) is 0 Å². The molecular formula is C11H14ClF3N2O2. The number of benzene rings is 1. The van der Waals surface area contributed by atoms with Crippen molar-refractivity contribution < 1.29 is 22.7 Å². The summed E-state index contributed by atoms with van der Waals surface area (Å²) in [7, 11) is 1.73. The Kier molecular flexibility index (Phi) is 7.25. The molecule has 1 aromatic carbocycles. The molecule has 8 heteroatoms. The monoisotopic (exact) mass is 298 g/mol. The number of nitrogens with one attached hydrogen (secondary N) is 2.